The van der Waals surface area contributed by atoms with Crippen LogP contribution in [0.15, 0.2) is 58.6 Å². The lowest BCUT2D eigenvalue weighted by Gasteiger charge is -1.98. The minimum atomic E-state index is 0.873. The molecule has 0 aliphatic heterocycles. The fourth-order valence-electron chi connectivity index (χ4n) is 1.82. The molecule has 0 amide bonds. The summed E-state index contributed by atoms with van der Waals surface area (Å²) in [5.74, 6) is 0. The van der Waals surface area contributed by atoms with Gasteiger partial charge in [-0.3, -0.25) is 4.98 Å². The van der Waals surface area contributed by atoms with Crippen LogP contribution in [0.4, 0.5) is 0 Å². The SMILES string of the molecule is Brc1ccc(Cc2nc(-c3cccnc3)cs2)cc1. The molecule has 0 aliphatic rings. The van der Waals surface area contributed by atoms with Gasteiger partial charge in [0.25, 0.3) is 0 Å². The number of benzene rings is 1. The number of pyridine rings is 1. The highest BCUT2D eigenvalue weighted by atomic mass is 79.9. The van der Waals surface area contributed by atoms with Crippen LogP contribution >= 0.6 is 27.3 Å². The Kier molecular flexibility index (Phi) is 3.71. The van der Waals surface area contributed by atoms with Gasteiger partial charge in [-0.1, -0.05) is 28.1 Å². The third kappa shape index (κ3) is 3.08. The Morgan fingerprint density at radius 3 is 2.68 bits per heavy atom. The van der Waals surface area contributed by atoms with Crippen molar-refractivity contribution in [2.24, 2.45) is 0 Å². The van der Waals surface area contributed by atoms with Gasteiger partial charge >= 0.3 is 0 Å². The molecule has 2 aromatic heterocycles. The molecule has 0 bridgehead atoms. The van der Waals surface area contributed by atoms with Crippen molar-refractivity contribution < 1.29 is 0 Å². The lowest BCUT2D eigenvalue weighted by Crippen LogP contribution is -1.87. The third-order valence-electron chi connectivity index (χ3n) is 2.78. The van der Waals surface area contributed by atoms with E-state index in [1.54, 1.807) is 17.5 Å². The average Bonchev–Trinajstić information content (AvgIpc) is 2.91. The number of aromatic nitrogens is 2. The Morgan fingerprint density at radius 1 is 1.11 bits per heavy atom. The first-order chi connectivity index (χ1) is 9.31. The van der Waals surface area contributed by atoms with E-state index in [9.17, 15) is 0 Å². The molecular formula is C15H11BrN2S. The van der Waals surface area contributed by atoms with Crippen molar-refractivity contribution in [3.8, 4) is 11.3 Å². The summed E-state index contributed by atoms with van der Waals surface area (Å²) in [5, 5.41) is 3.21. The van der Waals surface area contributed by atoms with Crippen molar-refractivity contribution in [3.05, 3.63) is 69.2 Å². The molecule has 19 heavy (non-hydrogen) atoms. The van der Waals surface area contributed by atoms with Gasteiger partial charge in [0, 0.05) is 34.2 Å². The lowest BCUT2D eigenvalue weighted by molar-refractivity contribution is 1.14. The predicted molar refractivity (Wildman–Crippen MR) is 82.3 cm³/mol. The normalized spacial score (nSPS) is 10.6. The second-order valence-corrected chi connectivity index (χ2v) is 6.03. The van der Waals surface area contributed by atoms with Crippen LogP contribution in [0.5, 0.6) is 0 Å². The summed E-state index contributed by atoms with van der Waals surface area (Å²) < 4.78 is 1.10. The van der Waals surface area contributed by atoms with E-state index in [4.69, 9.17) is 0 Å². The predicted octanol–water partition coefficient (Wildman–Crippen LogP) is 4.56. The molecule has 0 radical (unpaired) electrons. The molecule has 2 nitrogen and oxygen atoms in total. The van der Waals surface area contributed by atoms with E-state index < -0.39 is 0 Å². The van der Waals surface area contributed by atoms with Gasteiger partial charge in [-0.15, -0.1) is 11.3 Å². The third-order valence-corrected chi connectivity index (χ3v) is 4.16. The smallest absolute Gasteiger partial charge is 0.0976 e. The first-order valence-corrected chi connectivity index (χ1v) is 7.58. The van der Waals surface area contributed by atoms with Crippen LogP contribution in [-0.2, 0) is 6.42 Å². The maximum atomic E-state index is 4.67. The molecule has 4 heteroatoms. The molecule has 3 rings (SSSR count). The van der Waals surface area contributed by atoms with Gasteiger partial charge in [0.15, 0.2) is 0 Å². The summed E-state index contributed by atoms with van der Waals surface area (Å²) in [6, 6.07) is 12.3. The topological polar surface area (TPSA) is 25.8 Å². The van der Waals surface area contributed by atoms with Gasteiger partial charge in [0.2, 0.25) is 0 Å². The second-order valence-electron chi connectivity index (χ2n) is 4.17. The van der Waals surface area contributed by atoms with Crippen molar-refractivity contribution in [1.82, 2.24) is 9.97 Å². The fourth-order valence-corrected chi connectivity index (χ4v) is 2.92. The largest absolute Gasteiger partial charge is 0.264 e. The van der Waals surface area contributed by atoms with Crippen LogP contribution in [0.2, 0.25) is 0 Å². The zero-order valence-electron chi connectivity index (χ0n) is 10.1. The Bertz CT molecular complexity index is 662. The average molecular weight is 331 g/mol. The number of halogens is 1. The monoisotopic (exact) mass is 330 g/mol. The molecule has 0 N–H and O–H groups in total. The summed E-state index contributed by atoms with van der Waals surface area (Å²) in [4.78, 5) is 8.79. The molecule has 0 unspecified atom stereocenters. The molecule has 1 aromatic carbocycles. The number of nitrogens with zero attached hydrogens (tertiary/aromatic N) is 2. The summed E-state index contributed by atoms with van der Waals surface area (Å²) in [6.45, 7) is 0. The molecule has 0 aliphatic carbocycles. The Morgan fingerprint density at radius 2 is 1.95 bits per heavy atom. The van der Waals surface area contributed by atoms with Crippen LogP contribution in [0.25, 0.3) is 11.3 Å². The van der Waals surface area contributed by atoms with Crippen molar-refractivity contribution >= 4 is 27.3 Å². The van der Waals surface area contributed by atoms with Crippen LogP contribution in [0.3, 0.4) is 0 Å². The summed E-state index contributed by atoms with van der Waals surface area (Å²) >= 11 is 5.14. The van der Waals surface area contributed by atoms with Gasteiger partial charge in [-0.2, -0.15) is 0 Å². The van der Waals surface area contributed by atoms with E-state index in [0.29, 0.717) is 0 Å². The fraction of sp³-hybridized carbons (Fsp3) is 0.0667. The van der Waals surface area contributed by atoms with E-state index in [1.165, 1.54) is 5.56 Å². The highest BCUT2D eigenvalue weighted by molar-refractivity contribution is 9.10. The minimum Gasteiger partial charge on any atom is -0.264 e. The molecular weight excluding hydrogens is 320 g/mol. The molecule has 94 valence electrons. The van der Waals surface area contributed by atoms with Crippen molar-refractivity contribution in [2.75, 3.05) is 0 Å². The molecule has 0 saturated heterocycles. The number of hydrogen-bond donors (Lipinski definition) is 0. The number of rotatable bonds is 3. The van der Waals surface area contributed by atoms with E-state index in [-0.39, 0.29) is 0 Å². The Balaban J connectivity index is 1.80. The minimum absolute atomic E-state index is 0.873. The Hall–Kier alpha value is -1.52. The molecule has 3 aromatic rings. The lowest BCUT2D eigenvalue weighted by atomic mass is 10.2. The first-order valence-electron chi connectivity index (χ1n) is 5.90. The molecule has 0 fully saturated rings. The highest BCUT2D eigenvalue weighted by Gasteiger charge is 2.05. The van der Waals surface area contributed by atoms with Crippen molar-refractivity contribution in [2.45, 2.75) is 6.42 Å². The first kappa shape index (κ1) is 12.5. The maximum absolute atomic E-state index is 4.67. The molecule has 2 heterocycles. The van der Waals surface area contributed by atoms with Gasteiger partial charge in [0.1, 0.15) is 0 Å². The van der Waals surface area contributed by atoms with Crippen LogP contribution in [0.1, 0.15) is 10.6 Å². The van der Waals surface area contributed by atoms with Gasteiger partial charge in [-0.25, -0.2) is 4.98 Å². The van der Waals surface area contributed by atoms with E-state index in [1.807, 2.05) is 18.3 Å². The molecule has 0 spiro atoms. The summed E-state index contributed by atoms with van der Waals surface area (Å²) in [7, 11) is 0. The standard InChI is InChI=1S/C15H11BrN2S/c16-13-5-3-11(4-6-13)8-15-18-14(10-19-15)12-2-1-7-17-9-12/h1-7,9-10H,8H2. The van der Waals surface area contributed by atoms with Crippen LogP contribution in [-0.4, -0.2) is 9.97 Å². The van der Waals surface area contributed by atoms with E-state index >= 15 is 0 Å². The maximum Gasteiger partial charge on any atom is 0.0976 e. The van der Waals surface area contributed by atoms with E-state index in [2.05, 4.69) is 55.5 Å². The molecule has 0 atom stereocenters. The highest BCUT2D eigenvalue weighted by Crippen LogP contribution is 2.23. The van der Waals surface area contributed by atoms with Crippen molar-refractivity contribution in [3.63, 3.8) is 0 Å². The quantitative estimate of drug-likeness (QED) is 0.703. The number of hydrogen-bond acceptors (Lipinski definition) is 3. The van der Waals surface area contributed by atoms with Crippen molar-refractivity contribution in [1.29, 1.82) is 0 Å². The van der Waals surface area contributed by atoms with Gasteiger partial charge in [-0.05, 0) is 29.8 Å². The zero-order chi connectivity index (χ0) is 13.1. The van der Waals surface area contributed by atoms with Crippen LogP contribution in [0, 0.1) is 0 Å². The Labute approximate surface area is 124 Å². The molecule has 0 saturated carbocycles. The second kappa shape index (κ2) is 5.63. The van der Waals surface area contributed by atoms with E-state index in [0.717, 1.165) is 27.2 Å². The van der Waals surface area contributed by atoms with Gasteiger partial charge < -0.3 is 0 Å². The van der Waals surface area contributed by atoms with Gasteiger partial charge in [0.05, 0.1) is 10.7 Å². The zero-order valence-corrected chi connectivity index (χ0v) is 12.5. The summed E-state index contributed by atoms with van der Waals surface area (Å²) in [6.07, 6.45) is 4.50. The number of thiazole rings is 1. The van der Waals surface area contributed by atoms with Crippen LogP contribution < -0.4 is 0 Å². The summed E-state index contributed by atoms with van der Waals surface area (Å²) in [5.41, 5.74) is 3.35.